The molecule has 0 aromatic heterocycles. The van der Waals surface area contributed by atoms with Gasteiger partial charge in [0, 0.05) is 32.6 Å². The lowest BCUT2D eigenvalue weighted by molar-refractivity contribution is -0.143. The fraction of sp³-hybridized carbons (Fsp3) is 0.579. The zero-order chi connectivity index (χ0) is 18.9. The molecule has 2 heterocycles. The molecule has 0 spiro atoms. The van der Waals surface area contributed by atoms with Crippen LogP contribution in [0.25, 0.3) is 0 Å². The Morgan fingerprint density at radius 1 is 1.08 bits per heavy atom. The van der Waals surface area contributed by atoms with Crippen LogP contribution in [0.4, 0.5) is 8.78 Å². The maximum absolute atomic E-state index is 13.3. The highest BCUT2D eigenvalue weighted by molar-refractivity contribution is 5.88. The first kappa shape index (κ1) is 18.8. The Labute approximate surface area is 152 Å². The summed E-state index contributed by atoms with van der Waals surface area (Å²) in [4.78, 5) is 28.7. The Kier molecular flexibility index (Phi) is 5.01. The number of hydrogen-bond acceptors (Lipinski definition) is 3. The van der Waals surface area contributed by atoms with Crippen molar-refractivity contribution in [3.63, 3.8) is 0 Å². The summed E-state index contributed by atoms with van der Waals surface area (Å²) in [6.45, 7) is 4.93. The fourth-order valence-electron chi connectivity index (χ4n) is 3.61. The van der Waals surface area contributed by atoms with Crippen molar-refractivity contribution >= 4 is 11.8 Å². The standard InChI is InChI=1S/C19H25F2N3O2/c1-18(2,14-6-4-3-5-7-14)17(26)24-10-8-23(9-11-24)16(25)15-12-19(20,21)13-22-15/h3-7,15,22H,8-13H2,1-2H3. The molecule has 142 valence electrons. The molecule has 2 aliphatic rings. The number of nitrogens with zero attached hydrogens (tertiary/aromatic N) is 2. The maximum Gasteiger partial charge on any atom is 0.262 e. The third-order valence-electron chi connectivity index (χ3n) is 5.32. The van der Waals surface area contributed by atoms with Gasteiger partial charge in [0.2, 0.25) is 11.8 Å². The third-order valence-corrected chi connectivity index (χ3v) is 5.32. The first-order valence-corrected chi connectivity index (χ1v) is 8.96. The Morgan fingerprint density at radius 3 is 2.19 bits per heavy atom. The molecule has 7 heteroatoms. The SMILES string of the molecule is CC(C)(C(=O)N1CCN(C(=O)C2CC(F)(F)CN2)CC1)c1ccccc1. The first-order valence-electron chi connectivity index (χ1n) is 8.96. The molecule has 2 amide bonds. The minimum atomic E-state index is -2.82. The van der Waals surface area contributed by atoms with E-state index in [0.717, 1.165) is 5.56 Å². The molecule has 1 aromatic carbocycles. The van der Waals surface area contributed by atoms with Gasteiger partial charge in [-0.05, 0) is 19.4 Å². The largest absolute Gasteiger partial charge is 0.338 e. The van der Waals surface area contributed by atoms with E-state index in [0.29, 0.717) is 26.2 Å². The minimum absolute atomic E-state index is 0.0151. The normalized spacial score (nSPS) is 23.2. The zero-order valence-electron chi connectivity index (χ0n) is 15.2. The zero-order valence-corrected chi connectivity index (χ0v) is 15.2. The Bertz CT molecular complexity index is 671. The van der Waals surface area contributed by atoms with E-state index >= 15 is 0 Å². The van der Waals surface area contributed by atoms with Crippen molar-refractivity contribution in [2.24, 2.45) is 0 Å². The van der Waals surface area contributed by atoms with E-state index in [1.807, 2.05) is 44.2 Å². The van der Waals surface area contributed by atoms with E-state index in [1.54, 1.807) is 9.80 Å². The van der Waals surface area contributed by atoms with E-state index in [4.69, 9.17) is 0 Å². The van der Waals surface area contributed by atoms with Gasteiger partial charge in [0.05, 0.1) is 18.0 Å². The number of carbonyl (C=O) groups is 2. The van der Waals surface area contributed by atoms with Gasteiger partial charge in [-0.3, -0.25) is 14.9 Å². The molecular weight excluding hydrogens is 340 g/mol. The quantitative estimate of drug-likeness (QED) is 0.886. The van der Waals surface area contributed by atoms with Crippen LogP contribution in [0.3, 0.4) is 0 Å². The number of hydrogen-bond donors (Lipinski definition) is 1. The molecule has 1 N–H and O–H groups in total. The second-order valence-electron chi connectivity index (χ2n) is 7.60. The molecule has 0 saturated carbocycles. The number of rotatable bonds is 3. The van der Waals surface area contributed by atoms with Crippen molar-refractivity contribution in [2.75, 3.05) is 32.7 Å². The number of halogens is 2. The van der Waals surface area contributed by atoms with E-state index < -0.39 is 30.3 Å². The Balaban J connectivity index is 1.58. The van der Waals surface area contributed by atoms with Gasteiger partial charge in [-0.2, -0.15) is 0 Å². The van der Waals surface area contributed by atoms with Crippen molar-refractivity contribution in [3.8, 4) is 0 Å². The Morgan fingerprint density at radius 2 is 1.65 bits per heavy atom. The molecule has 0 aliphatic carbocycles. The van der Waals surface area contributed by atoms with Crippen molar-refractivity contribution in [2.45, 2.75) is 37.6 Å². The lowest BCUT2D eigenvalue weighted by Gasteiger charge is -2.39. The summed E-state index contributed by atoms with van der Waals surface area (Å²) >= 11 is 0. The van der Waals surface area contributed by atoms with E-state index in [2.05, 4.69) is 5.32 Å². The molecule has 26 heavy (non-hydrogen) atoms. The summed E-state index contributed by atoms with van der Waals surface area (Å²) in [5.41, 5.74) is 0.295. The highest BCUT2D eigenvalue weighted by Gasteiger charge is 2.44. The lowest BCUT2D eigenvalue weighted by Crippen LogP contribution is -2.56. The van der Waals surface area contributed by atoms with Gasteiger partial charge in [0.15, 0.2) is 0 Å². The molecule has 1 aromatic rings. The highest BCUT2D eigenvalue weighted by Crippen LogP contribution is 2.28. The topological polar surface area (TPSA) is 52.7 Å². The Hall–Kier alpha value is -2.02. The van der Waals surface area contributed by atoms with Gasteiger partial charge >= 0.3 is 0 Å². The van der Waals surface area contributed by atoms with Gasteiger partial charge in [-0.15, -0.1) is 0 Å². The number of piperazine rings is 1. The van der Waals surface area contributed by atoms with E-state index in [9.17, 15) is 18.4 Å². The van der Waals surface area contributed by atoms with Crippen molar-refractivity contribution in [1.29, 1.82) is 0 Å². The molecule has 0 bridgehead atoms. The minimum Gasteiger partial charge on any atom is -0.338 e. The monoisotopic (exact) mass is 365 g/mol. The summed E-state index contributed by atoms with van der Waals surface area (Å²) in [5.74, 6) is -3.10. The molecular formula is C19H25F2N3O2. The van der Waals surface area contributed by atoms with Crippen LogP contribution in [-0.4, -0.2) is 66.3 Å². The summed E-state index contributed by atoms with van der Waals surface area (Å²) in [5, 5.41) is 2.60. The maximum atomic E-state index is 13.3. The van der Waals surface area contributed by atoms with Gasteiger partial charge in [-0.25, -0.2) is 8.78 Å². The number of nitrogens with one attached hydrogen (secondary N) is 1. The van der Waals surface area contributed by atoms with Crippen LogP contribution in [-0.2, 0) is 15.0 Å². The average molecular weight is 365 g/mol. The predicted molar refractivity (Wildman–Crippen MR) is 94.0 cm³/mol. The van der Waals surface area contributed by atoms with Crippen molar-refractivity contribution in [3.05, 3.63) is 35.9 Å². The first-order chi connectivity index (χ1) is 12.2. The molecule has 5 nitrogen and oxygen atoms in total. The van der Waals surface area contributed by atoms with Crippen LogP contribution >= 0.6 is 0 Å². The molecule has 2 saturated heterocycles. The van der Waals surface area contributed by atoms with Crippen molar-refractivity contribution < 1.29 is 18.4 Å². The van der Waals surface area contributed by atoms with Crippen LogP contribution in [0.1, 0.15) is 25.8 Å². The highest BCUT2D eigenvalue weighted by atomic mass is 19.3. The van der Waals surface area contributed by atoms with Gasteiger partial charge in [-0.1, -0.05) is 30.3 Å². The number of alkyl halides is 2. The summed E-state index contributed by atoms with van der Waals surface area (Å²) in [7, 11) is 0. The van der Waals surface area contributed by atoms with Gasteiger partial charge in [0.25, 0.3) is 5.92 Å². The lowest BCUT2D eigenvalue weighted by atomic mass is 9.83. The van der Waals surface area contributed by atoms with Crippen LogP contribution < -0.4 is 5.32 Å². The van der Waals surface area contributed by atoms with E-state index in [-0.39, 0.29) is 11.8 Å². The van der Waals surface area contributed by atoms with Crippen LogP contribution in [0.5, 0.6) is 0 Å². The average Bonchev–Trinajstić information content (AvgIpc) is 3.01. The van der Waals surface area contributed by atoms with Gasteiger partial charge < -0.3 is 9.80 Å². The van der Waals surface area contributed by atoms with Crippen LogP contribution in [0.15, 0.2) is 30.3 Å². The molecule has 0 radical (unpaired) electrons. The number of benzene rings is 1. The summed E-state index contributed by atoms with van der Waals surface area (Å²) in [6.07, 6.45) is -0.452. The van der Waals surface area contributed by atoms with Crippen LogP contribution in [0, 0.1) is 0 Å². The summed E-state index contributed by atoms with van der Waals surface area (Å²) < 4.78 is 26.6. The number of amides is 2. The van der Waals surface area contributed by atoms with Crippen molar-refractivity contribution in [1.82, 2.24) is 15.1 Å². The molecule has 1 atom stereocenters. The fourth-order valence-corrected chi connectivity index (χ4v) is 3.61. The van der Waals surface area contributed by atoms with Gasteiger partial charge in [0.1, 0.15) is 0 Å². The number of carbonyl (C=O) groups excluding carboxylic acids is 2. The summed E-state index contributed by atoms with van der Waals surface area (Å²) in [6, 6.07) is 8.77. The van der Waals surface area contributed by atoms with E-state index in [1.165, 1.54) is 0 Å². The molecule has 2 aliphatic heterocycles. The smallest absolute Gasteiger partial charge is 0.262 e. The molecule has 1 unspecified atom stereocenters. The second kappa shape index (κ2) is 6.95. The second-order valence-corrected chi connectivity index (χ2v) is 7.60. The predicted octanol–water partition coefficient (Wildman–Crippen LogP) is 1.63. The molecule has 3 rings (SSSR count). The van der Waals surface area contributed by atoms with Crippen LogP contribution in [0.2, 0.25) is 0 Å². The third kappa shape index (κ3) is 3.72. The molecule has 2 fully saturated rings.